The van der Waals surface area contributed by atoms with Crippen LogP contribution in [0.25, 0.3) is 11.1 Å². The maximum absolute atomic E-state index is 13.5. The first-order chi connectivity index (χ1) is 18.5. The smallest absolute Gasteiger partial charge is 1.00 e. The minimum absolute atomic E-state index is 0. The normalized spacial score (nSPS) is 15.3. The first-order valence-corrected chi connectivity index (χ1v) is 15.7. The van der Waals surface area contributed by atoms with Crippen LogP contribution in [0.4, 0.5) is 0 Å². The fourth-order valence-electron chi connectivity index (χ4n) is 5.44. The van der Waals surface area contributed by atoms with E-state index in [4.69, 9.17) is 4.74 Å². The van der Waals surface area contributed by atoms with Crippen LogP contribution in [0.5, 0.6) is 0 Å². The van der Waals surface area contributed by atoms with Gasteiger partial charge in [-0.3, -0.25) is 4.79 Å². The van der Waals surface area contributed by atoms with Crippen molar-refractivity contribution in [3.8, 4) is 11.1 Å². The number of unbranched alkanes of at least 4 members (excludes halogenated alkanes) is 3. The molecule has 5 nitrogen and oxygen atoms in total. The summed E-state index contributed by atoms with van der Waals surface area (Å²) in [5.74, 6) is -0.213. The summed E-state index contributed by atoms with van der Waals surface area (Å²) in [5, 5.41) is 12.5. The van der Waals surface area contributed by atoms with Gasteiger partial charge in [0.25, 0.3) is 5.91 Å². The monoisotopic (exact) mass is 547 g/mol. The second-order valence-corrected chi connectivity index (χ2v) is 11.5. The molecule has 0 radical (unpaired) electrons. The van der Waals surface area contributed by atoms with Crippen LogP contribution in [0.1, 0.15) is 100 Å². The van der Waals surface area contributed by atoms with Gasteiger partial charge in [-0.05, 0) is 84.9 Å². The third kappa shape index (κ3) is 10.0. The van der Waals surface area contributed by atoms with Gasteiger partial charge in [-0.25, -0.2) is 4.79 Å². The Hall–Kier alpha value is -1.71. The summed E-state index contributed by atoms with van der Waals surface area (Å²) in [6.45, 7) is 5.02. The SMILES string of the molecule is CCCCCCOC(c1ccc(C(=O)NC(CCSC)C(=O)O)c(-c2ccccc2C)c1)C1CCCCC1.[H-].[Li+]. The summed E-state index contributed by atoms with van der Waals surface area (Å²) in [5.41, 5.74) is 4.51. The van der Waals surface area contributed by atoms with Gasteiger partial charge >= 0.3 is 24.8 Å². The van der Waals surface area contributed by atoms with E-state index in [0.29, 0.717) is 23.7 Å². The second-order valence-electron chi connectivity index (χ2n) is 10.5. The standard InChI is InChI=1S/C32H45NO4S.Li.H/c1-4-5-6-12-20-37-30(24-14-8-7-9-15-24)25-17-18-27(28(22-25)26-16-11-10-13-23(26)2)31(34)33-29(32(35)36)19-21-38-3;;/h10-11,13,16-18,22,24,29-30H,4-9,12,14-15,19-21H2,1-3H3,(H,33,34)(H,35,36);;/q;+1;-1. The van der Waals surface area contributed by atoms with Crippen LogP contribution in [-0.4, -0.2) is 41.6 Å². The van der Waals surface area contributed by atoms with E-state index >= 15 is 0 Å². The van der Waals surface area contributed by atoms with Crippen molar-refractivity contribution in [2.24, 2.45) is 5.92 Å². The molecule has 1 fully saturated rings. The van der Waals surface area contributed by atoms with E-state index in [1.165, 1.54) is 38.5 Å². The topological polar surface area (TPSA) is 75.6 Å². The number of hydrogen-bond donors (Lipinski definition) is 2. The van der Waals surface area contributed by atoms with Crippen molar-refractivity contribution < 1.29 is 39.7 Å². The molecule has 1 amide bonds. The molecule has 2 aromatic carbocycles. The molecule has 0 aliphatic heterocycles. The summed E-state index contributed by atoms with van der Waals surface area (Å²) in [4.78, 5) is 25.3. The molecule has 0 aromatic heterocycles. The fraction of sp³-hybridized carbons (Fsp3) is 0.562. The van der Waals surface area contributed by atoms with Crippen molar-refractivity contribution in [2.45, 2.75) is 90.2 Å². The molecule has 0 spiro atoms. The number of carbonyl (C=O) groups excluding carboxylic acids is 1. The Bertz CT molecular complexity index is 1050. The molecule has 39 heavy (non-hydrogen) atoms. The molecule has 0 saturated heterocycles. The Balaban J connectivity index is 0.00000400. The second kappa shape index (κ2) is 17.9. The predicted molar refractivity (Wildman–Crippen MR) is 159 cm³/mol. The number of aryl methyl sites for hydroxylation is 1. The minimum Gasteiger partial charge on any atom is -1.00 e. The number of hydrogen-bond acceptors (Lipinski definition) is 4. The molecule has 1 aliphatic rings. The first-order valence-electron chi connectivity index (χ1n) is 14.3. The number of carboxylic acid groups (broad SMARTS) is 1. The van der Waals surface area contributed by atoms with Crippen molar-refractivity contribution in [3.05, 3.63) is 59.2 Å². The van der Waals surface area contributed by atoms with Crippen molar-refractivity contribution in [2.75, 3.05) is 18.6 Å². The van der Waals surface area contributed by atoms with Gasteiger partial charge in [0.15, 0.2) is 0 Å². The Kier molecular flexibility index (Phi) is 15.3. The minimum atomic E-state index is -1.00. The Morgan fingerprint density at radius 3 is 2.49 bits per heavy atom. The first kappa shape index (κ1) is 33.5. The summed E-state index contributed by atoms with van der Waals surface area (Å²) < 4.78 is 6.60. The van der Waals surface area contributed by atoms with Crippen LogP contribution >= 0.6 is 11.8 Å². The molecule has 210 valence electrons. The van der Waals surface area contributed by atoms with E-state index in [0.717, 1.165) is 48.1 Å². The Labute approximate surface area is 252 Å². The molecular weight excluding hydrogens is 501 g/mol. The van der Waals surface area contributed by atoms with Gasteiger partial charge in [0.1, 0.15) is 6.04 Å². The maximum Gasteiger partial charge on any atom is 1.00 e. The van der Waals surface area contributed by atoms with Crippen molar-refractivity contribution >= 4 is 23.6 Å². The Morgan fingerprint density at radius 1 is 1.08 bits per heavy atom. The zero-order chi connectivity index (χ0) is 27.3. The van der Waals surface area contributed by atoms with Crippen molar-refractivity contribution in [1.82, 2.24) is 5.32 Å². The zero-order valence-electron chi connectivity index (χ0n) is 25.3. The van der Waals surface area contributed by atoms with Crippen LogP contribution in [0.3, 0.4) is 0 Å². The molecule has 0 heterocycles. The number of aliphatic carboxylic acids is 1. The largest absolute Gasteiger partial charge is 1.00 e. The number of ether oxygens (including phenoxy) is 1. The van der Waals surface area contributed by atoms with E-state index in [9.17, 15) is 14.7 Å². The van der Waals surface area contributed by atoms with Crippen LogP contribution in [0.2, 0.25) is 0 Å². The third-order valence-corrected chi connectivity index (χ3v) is 8.28. The fourth-order valence-corrected chi connectivity index (χ4v) is 5.92. The Morgan fingerprint density at radius 2 is 1.82 bits per heavy atom. The number of rotatable bonds is 15. The van der Waals surface area contributed by atoms with E-state index in [-0.39, 0.29) is 32.3 Å². The van der Waals surface area contributed by atoms with Gasteiger partial charge in [-0.2, -0.15) is 11.8 Å². The molecule has 7 heteroatoms. The van der Waals surface area contributed by atoms with Gasteiger partial charge in [0.2, 0.25) is 0 Å². The van der Waals surface area contributed by atoms with E-state index in [1.54, 1.807) is 11.8 Å². The average Bonchev–Trinajstić information content (AvgIpc) is 2.93. The van der Waals surface area contributed by atoms with Gasteiger partial charge in [0.05, 0.1) is 6.10 Å². The summed E-state index contributed by atoms with van der Waals surface area (Å²) >= 11 is 1.57. The van der Waals surface area contributed by atoms with Crippen LogP contribution in [0.15, 0.2) is 42.5 Å². The third-order valence-electron chi connectivity index (χ3n) is 7.64. The van der Waals surface area contributed by atoms with E-state index in [2.05, 4.69) is 18.3 Å². The summed E-state index contributed by atoms with van der Waals surface area (Å²) in [7, 11) is 0. The van der Waals surface area contributed by atoms with Crippen molar-refractivity contribution in [3.63, 3.8) is 0 Å². The molecule has 2 N–H and O–H groups in total. The number of benzene rings is 2. The van der Waals surface area contributed by atoms with Gasteiger partial charge in [0, 0.05) is 12.2 Å². The van der Waals surface area contributed by atoms with E-state index < -0.39 is 12.0 Å². The number of nitrogens with one attached hydrogen (secondary N) is 1. The van der Waals surface area contributed by atoms with Crippen LogP contribution in [-0.2, 0) is 9.53 Å². The number of carbonyl (C=O) groups is 2. The van der Waals surface area contributed by atoms with Crippen LogP contribution < -0.4 is 24.2 Å². The molecular formula is C32H46LiNO4S. The predicted octanol–water partition coefficient (Wildman–Crippen LogP) is 4.93. The molecule has 0 bridgehead atoms. The van der Waals surface area contributed by atoms with Gasteiger partial charge < -0.3 is 16.6 Å². The molecule has 1 aliphatic carbocycles. The summed E-state index contributed by atoms with van der Waals surface area (Å²) in [6, 6.07) is 13.2. The number of carboxylic acids is 1. The van der Waals surface area contributed by atoms with Gasteiger partial charge in [-0.1, -0.05) is 75.8 Å². The maximum atomic E-state index is 13.5. The molecule has 2 unspecified atom stereocenters. The molecule has 2 aromatic rings. The molecule has 1 saturated carbocycles. The molecule has 2 atom stereocenters. The molecule has 3 rings (SSSR count). The van der Waals surface area contributed by atoms with Gasteiger partial charge in [-0.15, -0.1) is 0 Å². The zero-order valence-corrected chi connectivity index (χ0v) is 25.2. The van der Waals surface area contributed by atoms with Crippen molar-refractivity contribution in [1.29, 1.82) is 0 Å². The summed E-state index contributed by atoms with van der Waals surface area (Å²) in [6.07, 6.45) is 13.1. The number of thioether (sulfide) groups is 1. The average molecular weight is 548 g/mol. The van der Waals surface area contributed by atoms with Crippen LogP contribution in [0, 0.1) is 12.8 Å². The van der Waals surface area contributed by atoms with E-state index in [1.807, 2.05) is 49.6 Å². The quantitative estimate of drug-likeness (QED) is 0.244. The number of amides is 1.